The maximum atomic E-state index is 11.9. The molecule has 0 atom stereocenters. The lowest BCUT2D eigenvalue weighted by atomic mass is 10.1. The van der Waals surface area contributed by atoms with Crippen LogP contribution < -0.4 is 5.32 Å². The van der Waals surface area contributed by atoms with Gasteiger partial charge in [0.15, 0.2) is 5.78 Å². The summed E-state index contributed by atoms with van der Waals surface area (Å²) in [5.74, 6) is -0.0574. The van der Waals surface area contributed by atoms with Crippen LogP contribution in [0.1, 0.15) is 21.5 Å². The summed E-state index contributed by atoms with van der Waals surface area (Å²) in [4.78, 5) is 11.9. The van der Waals surface area contributed by atoms with Gasteiger partial charge in [-0.15, -0.1) is 0 Å². The second kappa shape index (κ2) is 6.40. The molecule has 1 N–H and O–H groups in total. The molecule has 0 saturated heterocycles. The summed E-state index contributed by atoms with van der Waals surface area (Å²) in [6, 6.07) is 12.9. The van der Waals surface area contributed by atoms with E-state index >= 15 is 0 Å². The molecule has 0 fully saturated rings. The van der Waals surface area contributed by atoms with Gasteiger partial charge in [-0.2, -0.15) is 0 Å². The summed E-state index contributed by atoms with van der Waals surface area (Å²) in [6.45, 7) is 4.13. The van der Waals surface area contributed by atoms with Crippen LogP contribution >= 0.6 is 11.6 Å². The Bertz CT molecular complexity index is 645. The minimum Gasteiger partial charge on any atom is -0.362 e. The lowest BCUT2D eigenvalue weighted by molar-refractivity contribution is 0.104. The van der Waals surface area contributed by atoms with Gasteiger partial charge in [-0.3, -0.25) is 4.79 Å². The van der Waals surface area contributed by atoms with Gasteiger partial charge in [0, 0.05) is 28.5 Å². The fourth-order valence-corrected chi connectivity index (χ4v) is 1.88. The van der Waals surface area contributed by atoms with E-state index in [4.69, 9.17) is 11.6 Å². The Morgan fingerprint density at radius 2 is 1.75 bits per heavy atom. The van der Waals surface area contributed by atoms with Gasteiger partial charge in [-0.05, 0) is 61.4 Å². The van der Waals surface area contributed by atoms with Crippen molar-refractivity contribution >= 4 is 23.1 Å². The van der Waals surface area contributed by atoms with E-state index in [9.17, 15) is 4.79 Å². The standard InChI is InChI=1S/C17H16ClNO/c1-12-3-8-16(11-13(12)2)19-10-9-17(20)14-4-6-15(18)7-5-14/h3-11,19H,1-2H3/b10-9-. The average molecular weight is 286 g/mol. The first-order chi connectivity index (χ1) is 9.56. The number of nitrogens with one attached hydrogen (secondary N) is 1. The number of hydrogen-bond acceptors (Lipinski definition) is 2. The van der Waals surface area contributed by atoms with Gasteiger partial charge in [-0.1, -0.05) is 17.7 Å². The lowest BCUT2D eigenvalue weighted by Crippen LogP contribution is -1.96. The number of ketones is 1. The van der Waals surface area contributed by atoms with E-state index in [1.54, 1.807) is 30.5 Å². The Kier molecular flexibility index (Phi) is 4.59. The number of benzene rings is 2. The highest BCUT2D eigenvalue weighted by atomic mass is 35.5. The van der Waals surface area contributed by atoms with Gasteiger partial charge >= 0.3 is 0 Å². The normalized spacial score (nSPS) is 10.8. The van der Waals surface area contributed by atoms with Crippen molar-refractivity contribution in [1.82, 2.24) is 0 Å². The van der Waals surface area contributed by atoms with Crippen LogP contribution in [0.25, 0.3) is 0 Å². The minimum atomic E-state index is -0.0574. The molecule has 0 aromatic heterocycles. The first-order valence-corrected chi connectivity index (χ1v) is 6.74. The van der Waals surface area contributed by atoms with Crippen LogP contribution in [0.5, 0.6) is 0 Å². The molecular weight excluding hydrogens is 270 g/mol. The molecule has 0 radical (unpaired) electrons. The van der Waals surface area contributed by atoms with Gasteiger partial charge in [0.25, 0.3) is 0 Å². The third-order valence-corrected chi connectivity index (χ3v) is 3.37. The number of hydrogen-bond donors (Lipinski definition) is 1. The number of anilines is 1. The molecule has 0 aliphatic carbocycles. The summed E-state index contributed by atoms with van der Waals surface area (Å²) in [5.41, 5.74) is 4.05. The Labute approximate surface area is 124 Å². The lowest BCUT2D eigenvalue weighted by Gasteiger charge is -2.04. The van der Waals surface area contributed by atoms with Crippen molar-refractivity contribution < 1.29 is 4.79 Å². The van der Waals surface area contributed by atoms with E-state index in [-0.39, 0.29) is 5.78 Å². The number of rotatable bonds is 4. The zero-order chi connectivity index (χ0) is 14.5. The predicted molar refractivity (Wildman–Crippen MR) is 84.5 cm³/mol. The Hall–Kier alpha value is -2.06. The van der Waals surface area contributed by atoms with Crippen molar-refractivity contribution in [1.29, 1.82) is 0 Å². The van der Waals surface area contributed by atoms with Crippen LogP contribution in [0.15, 0.2) is 54.7 Å². The molecule has 3 heteroatoms. The summed E-state index contributed by atoms with van der Waals surface area (Å²) in [6.07, 6.45) is 3.17. The number of allylic oxidation sites excluding steroid dienone is 1. The zero-order valence-corrected chi connectivity index (χ0v) is 12.2. The van der Waals surface area contributed by atoms with Crippen LogP contribution in [0.4, 0.5) is 5.69 Å². The highest BCUT2D eigenvalue weighted by Crippen LogP contribution is 2.14. The third-order valence-electron chi connectivity index (χ3n) is 3.12. The molecule has 2 aromatic rings. The Morgan fingerprint density at radius 1 is 1.05 bits per heavy atom. The van der Waals surface area contributed by atoms with E-state index in [0.717, 1.165) is 5.69 Å². The number of carbonyl (C=O) groups excluding carboxylic acids is 1. The third kappa shape index (κ3) is 3.72. The van der Waals surface area contributed by atoms with Crippen molar-refractivity contribution in [3.8, 4) is 0 Å². The molecular formula is C17H16ClNO. The van der Waals surface area contributed by atoms with E-state index in [1.165, 1.54) is 17.2 Å². The van der Waals surface area contributed by atoms with Crippen molar-refractivity contribution in [3.05, 3.63) is 76.5 Å². The maximum Gasteiger partial charge on any atom is 0.187 e. The SMILES string of the molecule is Cc1ccc(N/C=C\C(=O)c2ccc(Cl)cc2)cc1C. The topological polar surface area (TPSA) is 29.1 Å². The molecule has 2 nitrogen and oxygen atoms in total. The molecule has 0 heterocycles. The van der Waals surface area contributed by atoms with Crippen molar-refractivity contribution in [3.63, 3.8) is 0 Å². The second-order valence-electron chi connectivity index (χ2n) is 4.65. The largest absolute Gasteiger partial charge is 0.362 e. The van der Waals surface area contributed by atoms with Gasteiger partial charge < -0.3 is 5.32 Å². The predicted octanol–water partition coefficient (Wildman–Crippen LogP) is 4.77. The molecule has 2 aromatic carbocycles. The van der Waals surface area contributed by atoms with Crippen LogP contribution in [0.3, 0.4) is 0 Å². The molecule has 102 valence electrons. The molecule has 0 saturated carbocycles. The number of aryl methyl sites for hydroxylation is 2. The molecule has 0 amide bonds. The maximum absolute atomic E-state index is 11.9. The zero-order valence-electron chi connectivity index (χ0n) is 11.5. The molecule has 0 aliphatic rings. The minimum absolute atomic E-state index is 0.0574. The van der Waals surface area contributed by atoms with Crippen molar-refractivity contribution in [2.45, 2.75) is 13.8 Å². The van der Waals surface area contributed by atoms with Crippen LogP contribution in [-0.4, -0.2) is 5.78 Å². The molecule has 2 rings (SSSR count). The first kappa shape index (κ1) is 14.4. The van der Waals surface area contributed by atoms with Gasteiger partial charge in [0.2, 0.25) is 0 Å². The Morgan fingerprint density at radius 3 is 2.40 bits per heavy atom. The summed E-state index contributed by atoms with van der Waals surface area (Å²) < 4.78 is 0. The first-order valence-electron chi connectivity index (χ1n) is 6.36. The van der Waals surface area contributed by atoms with E-state index in [1.807, 2.05) is 18.2 Å². The van der Waals surface area contributed by atoms with Crippen LogP contribution in [-0.2, 0) is 0 Å². The molecule has 0 bridgehead atoms. The smallest absolute Gasteiger partial charge is 0.187 e. The average Bonchev–Trinajstić information content (AvgIpc) is 2.43. The number of carbonyl (C=O) groups is 1. The van der Waals surface area contributed by atoms with Gasteiger partial charge in [0.05, 0.1) is 0 Å². The fraction of sp³-hybridized carbons (Fsp3) is 0.118. The summed E-state index contributed by atoms with van der Waals surface area (Å²) >= 11 is 5.79. The van der Waals surface area contributed by atoms with E-state index < -0.39 is 0 Å². The molecule has 0 spiro atoms. The quantitative estimate of drug-likeness (QED) is 0.648. The van der Waals surface area contributed by atoms with Crippen molar-refractivity contribution in [2.75, 3.05) is 5.32 Å². The molecule has 0 unspecified atom stereocenters. The molecule has 0 aliphatic heterocycles. The van der Waals surface area contributed by atoms with Crippen molar-refractivity contribution in [2.24, 2.45) is 0 Å². The Balaban J connectivity index is 2.00. The van der Waals surface area contributed by atoms with E-state index in [2.05, 4.69) is 19.2 Å². The van der Waals surface area contributed by atoms with E-state index in [0.29, 0.717) is 10.6 Å². The van der Waals surface area contributed by atoms with Gasteiger partial charge in [0.1, 0.15) is 0 Å². The monoisotopic (exact) mass is 285 g/mol. The van der Waals surface area contributed by atoms with Gasteiger partial charge in [-0.25, -0.2) is 0 Å². The summed E-state index contributed by atoms with van der Waals surface area (Å²) in [7, 11) is 0. The molecule has 20 heavy (non-hydrogen) atoms. The fourth-order valence-electron chi connectivity index (χ4n) is 1.76. The number of halogens is 1. The van der Waals surface area contributed by atoms with Crippen LogP contribution in [0, 0.1) is 13.8 Å². The second-order valence-corrected chi connectivity index (χ2v) is 5.08. The highest BCUT2D eigenvalue weighted by Gasteiger charge is 2.00. The summed E-state index contributed by atoms with van der Waals surface area (Å²) in [5, 5.41) is 3.72. The highest BCUT2D eigenvalue weighted by molar-refractivity contribution is 6.30. The van der Waals surface area contributed by atoms with Crippen LogP contribution in [0.2, 0.25) is 5.02 Å².